The molecule has 0 aromatic heterocycles. The van der Waals surface area contributed by atoms with Crippen LogP contribution in [0.1, 0.15) is 18.4 Å². The van der Waals surface area contributed by atoms with Gasteiger partial charge in [0.25, 0.3) is 5.91 Å². The van der Waals surface area contributed by atoms with E-state index in [0.717, 1.165) is 5.56 Å². The van der Waals surface area contributed by atoms with E-state index in [2.05, 4.69) is 5.32 Å². The first-order valence-corrected chi connectivity index (χ1v) is 12.2. The van der Waals surface area contributed by atoms with Crippen molar-refractivity contribution in [3.63, 3.8) is 0 Å². The minimum atomic E-state index is -4.10. The van der Waals surface area contributed by atoms with E-state index in [-0.39, 0.29) is 56.4 Å². The summed E-state index contributed by atoms with van der Waals surface area (Å²) in [6, 6.07) is 12.9. The van der Waals surface area contributed by atoms with Crippen molar-refractivity contribution >= 4 is 21.7 Å². The lowest BCUT2D eigenvalue weighted by atomic mass is 9.98. The zero-order valence-corrected chi connectivity index (χ0v) is 19.6. The van der Waals surface area contributed by atoms with Crippen molar-refractivity contribution in [1.29, 1.82) is 0 Å². The molecule has 10 nitrogen and oxygen atoms in total. The van der Waals surface area contributed by atoms with Gasteiger partial charge in [-0.3, -0.25) is 14.8 Å². The van der Waals surface area contributed by atoms with Gasteiger partial charge < -0.3 is 19.5 Å². The van der Waals surface area contributed by atoms with Crippen molar-refractivity contribution in [1.82, 2.24) is 10.8 Å². The number of hydroxylamine groups is 1. The Labute approximate surface area is 198 Å². The molecule has 0 saturated carbocycles. The monoisotopic (exact) mass is 492 g/mol. The highest BCUT2D eigenvalue weighted by molar-refractivity contribution is 7.93. The summed E-state index contributed by atoms with van der Waals surface area (Å²) in [7, 11) is -2.53. The van der Waals surface area contributed by atoms with Gasteiger partial charge in [-0.1, -0.05) is 12.1 Å². The summed E-state index contributed by atoms with van der Waals surface area (Å²) in [6.45, 7) is 0.640. The molecule has 0 atom stereocenters. The predicted octanol–water partition coefficient (Wildman–Crippen LogP) is 1.26. The highest BCUT2D eigenvalue weighted by atomic mass is 32.2. The lowest BCUT2D eigenvalue weighted by molar-refractivity contribution is -0.134. The number of benzene rings is 2. The van der Waals surface area contributed by atoms with E-state index in [0.29, 0.717) is 11.5 Å². The van der Waals surface area contributed by atoms with Gasteiger partial charge in [-0.15, -0.1) is 0 Å². The third kappa shape index (κ3) is 5.66. The van der Waals surface area contributed by atoms with Crippen LogP contribution in [0.4, 0.5) is 0 Å². The van der Waals surface area contributed by atoms with Crippen LogP contribution >= 0.6 is 0 Å². The molecule has 0 bridgehead atoms. The highest BCUT2D eigenvalue weighted by Crippen LogP contribution is 2.35. The molecule has 1 fully saturated rings. The molecule has 1 heterocycles. The van der Waals surface area contributed by atoms with Crippen LogP contribution < -0.4 is 20.3 Å². The summed E-state index contributed by atoms with van der Waals surface area (Å²) in [5, 5.41) is 11.9. The molecule has 184 valence electrons. The number of amides is 2. The Balaban J connectivity index is 1.54. The van der Waals surface area contributed by atoms with Gasteiger partial charge in [0.15, 0.2) is 14.6 Å². The Morgan fingerprint density at radius 2 is 1.79 bits per heavy atom. The molecular weight excluding hydrogens is 464 g/mol. The van der Waals surface area contributed by atoms with E-state index in [1.165, 1.54) is 29.7 Å². The number of hydrogen-bond acceptors (Lipinski definition) is 8. The number of carbonyl (C=O) groups is 2. The van der Waals surface area contributed by atoms with Crippen LogP contribution in [-0.4, -0.2) is 63.7 Å². The summed E-state index contributed by atoms with van der Waals surface area (Å²) < 4.78 is 40.6. The molecule has 1 aliphatic heterocycles. The Bertz CT molecular complexity index is 1100. The lowest BCUT2D eigenvalue weighted by Gasteiger charge is -2.34. The van der Waals surface area contributed by atoms with E-state index in [1.54, 1.807) is 19.2 Å². The van der Waals surface area contributed by atoms with Crippen molar-refractivity contribution in [2.24, 2.45) is 0 Å². The average Bonchev–Trinajstić information content (AvgIpc) is 2.86. The van der Waals surface area contributed by atoms with Gasteiger partial charge in [-0.05, 0) is 54.8 Å². The lowest BCUT2D eigenvalue weighted by Crippen LogP contribution is -2.54. The predicted molar refractivity (Wildman–Crippen MR) is 122 cm³/mol. The maximum absolute atomic E-state index is 13.2. The fourth-order valence-electron chi connectivity index (χ4n) is 3.75. The Morgan fingerprint density at radius 3 is 2.44 bits per heavy atom. The van der Waals surface area contributed by atoms with E-state index < -0.39 is 20.5 Å². The number of carbonyl (C=O) groups excluding carboxylic acids is 2. The molecule has 34 heavy (non-hydrogen) atoms. The second-order valence-corrected chi connectivity index (χ2v) is 10.0. The highest BCUT2D eigenvalue weighted by Gasteiger charge is 2.52. The number of hydrogen-bond donors (Lipinski definition) is 3. The van der Waals surface area contributed by atoms with Crippen LogP contribution in [-0.2, 0) is 30.6 Å². The fourth-order valence-corrected chi connectivity index (χ4v) is 5.69. The molecule has 0 radical (unpaired) electrons. The zero-order chi connectivity index (χ0) is 24.6. The van der Waals surface area contributed by atoms with Gasteiger partial charge in [0, 0.05) is 13.2 Å². The first-order valence-electron chi connectivity index (χ1n) is 10.7. The molecule has 3 rings (SSSR count). The van der Waals surface area contributed by atoms with Crippen LogP contribution in [0.3, 0.4) is 0 Å². The molecule has 0 unspecified atom stereocenters. The van der Waals surface area contributed by atoms with Crippen LogP contribution in [0.2, 0.25) is 0 Å². The van der Waals surface area contributed by atoms with Crippen LogP contribution in [0.25, 0.3) is 0 Å². The maximum atomic E-state index is 13.2. The number of methoxy groups -OCH3 is 1. The van der Waals surface area contributed by atoms with E-state index >= 15 is 0 Å². The standard InChI is InChI=1S/C23H28N2O8S/c1-31-19-4-2-3-17(15-19)16-21(26)24-11-14-33-18-5-7-20(8-6-18)34(29,30)23(22(27)25-28)9-12-32-13-10-23/h2-8,15,28H,9-14,16H2,1H3,(H,24,26)(H,25,27). The maximum Gasteiger partial charge on any atom is 0.265 e. The number of rotatable bonds is 10. The molecule has 2 aromatic rings. The largest absolute Gasteiger partial charge is 0.497 e. The van der Waals surface area contributed by atoms with Gasteiger partial charge in [0.2, 0.25) is 5.91 Å². The zero-order valence-electron chi connectivity index (χ0n) is 18.8. The summed E-state index contributed by atoms with van der Waals surface area (Å²) >= 11 is 0. The quantitative estimate of drug-likeness (QED) is 0.256. The minimum absolute atomic E-state index is 0.0584. The van der Waals surface area contributed by atoms with Gasteiger partial charge in [0.1, 0.15) is 18.1 Å². The molecular formula is C23H28N2O8S. The van der Waals surface area contributed by atoms with Crippen molar-refractivity contribution in [2.75, 3.05) is 33.5 Å². The molecule has 2 aromatic carbocycles. The van der Waals surface area contributed by atoms with Crippen molar-refractivity contribution in [3.8, 4) is 11.5 Å². The molecule has 11 heteroatoms. The molecule has 1 saturated heterocycles. The number of ether oxygens (including phenoxy) is 3. The van der Waals surface area contributed by atoms with Crippen LogP contribution in [0.5, 0.6) is 11.5 Å². The Kier molecular flexibility index (Phi) is 8.48. The van der Waals surface area contributed by atoms with Crippen LogP contribution in [0.15, 0.2) is 53.4 Å². The second kappa shape index (κ2) is 11.3. The smallest absolute Gasteiger partial charge is 0.265 e. The van der Waals surface area contributed by atoms with Crippen molar-refractivity contribution in [3.05, 3.63) is 54.1 Å². The molecule has 0 aliphatic carbocycles. The summed E-state index contributed by atoms with van der Waals surface area (Å²) in [5.41, 5.74) is 2.31. The van der Waals surface area contributed by atoms with Gasteiger partial charge in [-0.25, -0.2) is 13.9 Å². The molecule has 1 aliphatic rings. The Hall–Kier alpha value is -3.15. The van der Waals surface area contributed by atoms with E-state index in [1.807, 2.05) is 12.1 Å². The molecule has 0 spiro atoms. The average molecular weight is 493 g/mol. The first-order chi connectivity index (χ1) is 16.3. The van der Waals surface area contributed by atoms with E-state index in [9.17, 15) is 18.0 Å². The number of nitrogens with one attached hydrogen (secondary N) is 2. The summed E-state index contributed by atoms with van der Waals surface area (Å²) in [5.74, 6) is -0.0458. The first kappa shape index (κ1) is 25.5. The minimum Gasteiger partial charge on any atom is -0.497 e. The topological polar surface area (TPSA) is 140 Å². The Morgan fingerprint density at radius 1 is 1.09 bits per heavy atom. The van der Waals surface area contributed by atoms with Gasteiger partial charge in [-0.2, -0.15) is 0 Å². The van der Waals surface area contributed by atoms with E-state index in [4.69, 9.17) is 19.4 Å². The third-order valence-electron chi connectivity index (χ3n) is 5.66. The van der Waals surface area contributed by atoms with Crippen LogP contribution in [0, 0.1) is 0 Å². The summed E-state index contributed by atoms with van der Waals surface area (Å²) in [4.78, 5) is 24.3. The fraction of sp³-hybridized carbons (Fsp3) is 0.391. The SMILES string of the molecule is COc1cccc(CC(=O)NCCOc2ccc(S(=O)(=O)C3(C(=O)NO)CCOCC3)cc2)c1. The van der Waals surface area contributed by atoms with Crippen molar-refractivity contribution < 1.29 is 37.4 Å². The summed E-state index contributed by atoms with van der Waals surface area (Å²) in [6.07, 6.45) is 0.0862. The normalized spacial score (nSPS) is 15.2. The molecule has 3 N–H and O–H groups in total. The third-order valence-corrected chi connectivity index (χ3v) is 8.17. The second-order valence-electron chi connectivity index (χ2n) is 7.75. The number of sulfone groups is 1. The molecule has 2 amide bonds. The van der Waals surface area contributed by atoms with Gasteiger partial charge in [0.05, 0.1) is 25.0 Å². The van der Waals surface area contributed by atoms with Gasteiger partial charge >= 0.3 is 0 Å². The van der Waals surface area contributed by atoms with Crippen molar-refractivity contribution in [2.45, 2.75) is 28.9 Å².